The molecule has 1 unspecified atom stereocenters. The molecule has 0 bridgehead atoms. The van der Waals surface area contributed by atoms with Gasteiger partial charge in [0, 0.05) is 0 Å². The van der Waals surface area contributed by atoms with E-state index >= 15 is 0 Å². The first-order valence-corrected chi connectivity index (χ1v) is 6.93. The van der Waals surface area contributed by atoms with Crippen molar-refractivity contribution < 1.29 is 4.79 Å². The highest BCUT2D eigenvalue weighted by Crippen LogP contribution is 2.31. The molecule has 14 heavy (non-hydrogen) atoms. The average molecular weight is 249 g/mol. The third kappa shape index (κ3) is 3.14. The smallest absolute Gasteiger partial charge is 0.230 e. The molecule has 0 spiro atoms. The van der Waals surface area contributed by atoms with E-state index in [1.165, 1.54) is 23.1 Å². The normalized spacial score (nSPS) is 12.7. The second-order valence-electron chi connectivity index (χ2n) is 2.46. The van der Waals surface area contributed by atoms with Gasteiger partial charge in [0.05, 0.1) is 5.25 Å². The summed E-state index contributed by atoms with van der Waals surface area (Å²) in [4.78, 5) is 11.0. The van der Waals surface area contributed by atoms with Crippen LogP contribution < -0.4 is 5.73 Å². The van der Waals surface area contributed by atoms with E-state index < -0.39 is 0 Å². The van der Waals surface area contributed by atoms with E-state index in [0.717, 1.165) is 8.68 Å². The molecule has 1 amide bonds. The highest BCUT2D eigenvalue weighted by Gasteiger charge is 2.16. The van der Waals surface area contributed by atoms with Crippen LogP contribution in [0.5, 0.6) is 0 Å². The van der Waals surface area contributed by atoms with E-state index in [-0.39, 0.29) is 11.2 Å². The summed E-state index contributed by atoms with van der Waals surface area (Å²) in [5.74, 6) is -0.293. The number of carbonyl (C=O) groups is 1. The second kappa shape index (κ2) is 5.57. The van der Waals surface area contributed by atoms with Gasteiger partial charge in [0.25, 0.3) is 0 Å². The topological polar surface area (TPSA) is 68.9 Å². The van der Waals surface area contributed by atoms with Crippen molar-refractivity contribution in [2.75, 3.05) is 6.26 Å². The summed E-state index contributed by atoms with van der Waals surface area (Å²) in [5, 5.41) is 7.70. The van der Waals surface area contributed by atoms with E-state index in [1.54, 1.807) is 11.8 Å². The van der Waals surface area contributed by atoms with Crippen LogP contribution in [0.25, 0.3) is 0 Å². The zero-order valence-electron chi connectivity index (χ0n) is 7.89. The fourth-order valence-corrected chi connectivity index (χ4v) is 3.35. The Balaban J connectivity index is 2.62. The molecular formula is C7H11N3OS3. The molecule has 0 aliphatic carbocycles. The first-order valence-electron chi connectivity index (χ1n) is 4.00. The van der Waals surface area contributed by atoms with E-state index in [1.807, 2.05) is 13.2 Å². The molecule has 1 atom stereocenters. The molecule has 2 N–H and O–H groups in total. The van der Waals surface area contributed by atoms with Gasteiger partial charge in [-0.1, -0.05) is 41.8 Å². The summed E-state index contributed by atoms with van der Waals surface area (Å²) in [5.41, 5.74) is 5.23. The summed E-state index contributed by atoms with van der Waals surface area (Å²) in [7, 11) is 0. The van der Waals surface area contributed by atoms with Gasteiger partial charge in [-0.05, 0) is 12.7 Å². The van der Waals surface area contributed by atoms with Crippen LogP contribution in [0.1, 0.15) is 13.3 Å². The minimum absolute atomic E-state index is 0.197. The Hall–Kier alpha value is -0.270. The Morgan fingerprint density at radius 1 is 1.57 bits per heavy atom. The lowest BCUT2D eigenvalue weighted by Gasteiger charge is -2.05. The van der Waals surface area contributed by atoms with Crippen LogP contribution in [-0.4, -0.2) is 27.6 Å². The van der Waals surface area contributed by atoms with Crippen molar-refractivity contribution in [2.24, 2.45) is 5.73 Å². The van der Waals surface area contributed by atoms with Gasteiger partial charge in [0.2, 0.25) is 5.91 Å². The Kier molecular flexibility index (Phi) is 4.70. The number of thioether (sulfide) groups is 2. The maximum absolute atomic E-state index is 11.0. The van der Waals surface area contributed by atoms with Gasteiger partial charge in [0.15, 0.2) is 8.68 Å². The molecule has 0 aliphatic rings. The third-order valence-electron chi connectivity index (χ3n) is 1.49. The fourth-order valence-electron chi connectivity index (χ4n) is 0.792. The number of nitrogens with two attached hydrogens (primary N) is 1. The van der Waals surface area contributed by atoms with Gasteiger partial charge in [-0.25, -0.2) is 0 Å². The molecule has 0 radical (unpaired) electrons. The molecule has 0 aliphatic heterocycles. The lowest BCUT2D eigenvalue weighted by atomic mass is 10.3. The first kappa shape index (κ1) is 11.8. The lowest BCUT2D eigenvalue weighted by Crippen LogP contribution is -2.24. The minimum atomic E-state index is -0.293. The van der Waals surface area contributed by atoms with Crippen LogP contribution in [0, 0.1) is 0 Å². The Morgan fingerprint density at radius 2 is 2.21 bits per heavy atom. The van der Waals surface area contributed by atoms with E-state index in [0.29, 0.717) is 6.42 Å². The Morgan fingerprint density at radius 3 is 2.64 bits per heavy atom. The van der Waals surface area contributed by atoms with E-state index in [9.17, 15) is 4.79 Å². The highest BCUT2D eigenvalue weighted by atomic mass is 32.2. The van der Waals surface area contributed by atoms with Crippen molar-refractivity contribution in [1.29, 1.82) is 0 Å². The average Bonchev–Trinajstić information content (AvgIpc) is 2.61. The summed E-state index contributed by atoms with van der Waals surface area (Å²) in [6.45, 7) is 1.93. The van der Waals surface area contributed by atoms with Crippen molar-refractivity contribution in [3.05, 3.63) is 0 Å². The van der Waals surface area contributed by atoms with E-state index in [2.05, 4.69) is 10.2 Å². The molecular weight excluding hydrogens is 238 g/mol. The van der Waals surface area contributed by atoms with Gasteiger partial charge in [0.1, 0.15) is 0 Å². The van der Waals surface area contributed by atoms with Crippen molar-refractivity contribution in [1.82, 2.24) is 10.2 Å². The van der Waals surface area contributed by atoms with Crippen LogP contribution in [0.2, 0.25) is 0 Å². The van der Waals surface area contributed by atoms with Gasteiger partial charge >= 0.3 is 0 Å². The molecule has 7 heteroatoms. The zero-order chi connectivity index (χ0) is 10.6. The molecule has 0 saturated carbocycles. The first-order chi connectivity index (χ1) is 6.67. The van der Waals surface area contributed by atoms with Crippen molar-refractivity contribution in [3.8, 4) is 0 Å². The number of hydrogen-bond acceptors (Lipinski definition) is 6. The van der Waals surface area contributed by atoms with E-state index in [4.69, 9.17) is 5.73 Å². The molecule has 0 fully saturated rings. The number of nitrogens with zero attached hydrogens (tertiary/aromatic N) is 2. The Labute approximate surface area is 95.1 Å². The van der Waals surface area contributed by atoms with Crippen molar-refractivity contribution in [2.45, 2.75) is 27.3 Å². The molecule has 0 aromatic carbocycles. The molecule has 4 nitrogen and oxygen atoms in total. The number of hydrogen-bond donors (Lipinski definition) is 1. The zero-order valence-corrected chi connectivity index (χ0v) is 10.3. The standard InChI is InChI=1S/C7H11N3OS3/c1-3-4(5(8)11)13-7-10-9-6(12-2)14-7/h4H,3H2,1-2H3,(H2,8,11). The van der Waals surface area contributed by atoms with Gasteiger partial charge in [-0.2, -0.15) is 0 Å². The second-order valence-corrected chi connectivity index (χ2v) is 5.94. The molecule has 1 aromatic rings. The van der Waals surface area contributed by atoms with Crippen molar-refractivity contribution in [3.63, 3.8) is 0 Å². The van der Waals surface area contributed by atoms with Gasteiger partial charge in [-0.3, -0.25) is 4.79 Å². The molecule has 0 saturated heterocycles. The summed E-state index contributed by atoms with van der Waals surface area (Å²) in [6.07, 6.45) is 2.66. The highest BCUT2D eigenvalue weighted by molar-refractivity contribution is 8.03. The number of primary amides is 1. The quantitative estimate of drug-likeness (QED) is 0.803. The van der Waals surface area contributed by atoms with Crippen LogP contribution in [0.4, 0.5) is 0 Å². The molecule has 78 valence electrons. The fraction of sp³-hybridized carbons (Fsp3) is 0.571. The van der Waals surface area contributed by atoms with Crippen LogP contribution in [0.15, 0.2) is 8.68 Å². The number of rotatable bonds is 5. The Bertz CT molecular complexity index is 315. The van der Waals surface area contributed by atoms with Crippen LogP contribution in [-0.2, 0) is 4.79 Å². The van der Waals surface area contributed by atoms with Gasteiger partial charge < -0.3 is 5.73 Å². The summed E-state index contributed by atoms with van der Waals surface area (Å²) < 4.78 is 1.71. The van der Waals surface area contributed by atoms with Crippen molar-refractivity contribution >= 4 is 40.8 Å². The van der Waals surface area contributed by atoms with Gasteiger partial charge in [-0.15, -0.1) is 10.2 Å². The largest absolute Gasteiger partial charge is 0.369 e. The maximum atomic E-state index is 11.0. The summed E-state index contributed by atoms with van der Waals surface area (Å²) >= 11 is 4.43. The van der Waals surface area contributed by atoms with Crippen LogP contribution in [0.3, 0.4) is 0 Å². The minimum Gasteiger partial charge on any atom is -0.369 e. The number of amides is 1. The SMILES string of the molecule is CCC(Sc1nnc(SC)s1)C(N)=O. The number of aromatic nitrogens is 2. The number of carbonyl (C=O) groups excluding carboxylic acids is 1. The lowest BCUT2D eigenvalue weighted by molar-refractivity contribution is -0.117. The molecule has 1 rings (SSSR count). The summed E-state index contributed by atoms with van der Waals surface area (Å²) in [6, 6.07) is 0. The predicted octanol–water partition coefficient (Wildman–Crippen LogP) is 1.62. The van der Waals surface area contributed by atoms with Crippen LogP contribution >= 0.6 is 34.9 Å². The predicted molar refractivity (Wildman–Crippen MR) is 60.8 cm³/mol. The molecule has 1 aromatic heterocycles. The maximum Gasteiger partial charge on any atom is 0.230 e. The molecule has 1 heterocycles. The third-order valence-corrected chi connectivity index (χ3v) is 4.86. The monoisotopic (exact) mass is 249 g/mol.